The van der Waals surface area contributed by atoms with Gasteiger partial charge in [0.05, 0.1) is 0 Å². The van der Waals surface area contributed by atoms with Gasteiger partial charge in [-0.25, -0.2) is 0 Å². The number of unbranched alkanes of at least 4 members (excludes halogenated alkanes) is 4. The number of ketones is 1. The van der Waals surface area contributed by atoms with Gasteiger partial charge in [-0.05, 0) is 24.8 Å². The Labute approximate surface area is 87.6 Å². The van der Waals surface area contributed by atoms with Gasteiger partial charge in [-0.1, -0.05) is 45.1 Å². The number of hydrogen-bond acceptors (Lipinski definition) is 1. The summed E-state index contributed by atoms with van der Waals surface area (Å²) in [5.41, 5.74) is 0. The average molecular weight is 194 g/mol. The van der Waals surface area contributed by atoms with Crippen LogP contribution >= 0.6 is 0 Å². The minimum Gasteiger partial charge on any atom is -0.295 e. The van der Waals surface area contributed by atoms with Gasteiger partial charge in [0.2, 0.25) is 0 Å². The van der Waals surface area contributed by atoms with Gasteiger partial charge in [0.1, 0.15) is 0 Å². The molecule has 0 aromatic carbocycles. The minimum absolute atomic E-state index is 0.312. The van der Waals surface area contributed by atoms with E-state index in [0.29, 0.717) is 11.7 Å². The zero-order valence-electron chi connectivity index (χ0n) is 9.30. The first-order chi connectivity index (χ1) is 6.83. The van der Waals surface area contributed by atoms with E-state index in [1.54, 1.807) is 6.08 Å². The van der Waals surface area contributed by atoms with Crippen molar-refractivity contribution < 1.29 is 4.79 Å². The van der Waals surface area contributed by atoms with Gasteiger partial charge in [0.15, 0.2) is 5.78 Å². The van der Waals surface area contributed by atoms with Gasteiger partial charge in [0.25, 0.3) is 0 Å². The molecule has 1 nitrogen and oxygen atoms in total. The minimum atomic E-state index is 0.312. The topological polar surface area (TPSA) is 17.1 Å². The Balaban J connectivity index is 2.02. The molecule has 0 bridgehead atoms. The van der Waals surface area contributed by atoms with E-state index in [2.05, 4.69) is 13.0 Å². The molecule has 0 fully saturated rings. The van der Waals surface area contributed by atoms with Crippen LogP contribution in [-0.4, -0.2) is 5.78 Å². The Morgan fingerprint density at radius 1 is 1.29 bits per heavy atom. The number of allylic oxidation sites excluding steroid dienone is 2. The molecule has 0 heterocycles. The fraction of sp³-hybridized carbons (Fsp3) is 0.769. The first-order valence-electron chi connectivity index (χ1n) is 6.04. The SMILES string of the molecule is CCCCCCCC1C=CC(=O)CC1. The van der Waals surface area contributed by atoms with E-state index >= 15 is 0 Å². The van der Waals surface area contributed by atoms with E-state index in [-0.39, 0.29) is 0 Å². The predicted molar refractivity (Wildman–Crippen MR) is 60.2 cm³/mol. The molecule has 1 aliphatic carbocycles. The van der Waals surface area contributed by atoms with Gasteiger partial charge in [-0.15, -0.1) is 0 Å². The van der Waals surface area contributed by atoms with Crippen molar-refractivity contribution in [3.63, 3.8) is 0 Å². The van der Waals surface area contributed by atoms with Crippen LogP contribution in [0.2, 0.25) is 0 Å². The number of carbonyl (C=O) groups is 1. The highest BCUT2D eigenvalue weighted by Gasteiger charge is 2.11. The maximum atomic E-state index is 10.9. The van der Waals surface area contributed by atoms with Gasteiger partial charge in [-0.2, -0.15) is 0 Å². The van der Waals surface area contributed by atoms with E-state index in [1.165, 1.54) is 38.5 Å². The standard InChI is InChI=1S/C13H22O/c1-2-3-4-5-6-7-12-8-10-13(14)11-9-12/h8,10,12H,2-7,9,11H2,1H3. The summed E-state index contributed by atoms with van der Waals surface area (Å²) in [5.74, 6) is 1.00. The molecule has 0 spiro atoms. The van der Waals surface area contributed by atoms with Crippen LogP contribution in [-0.2, 0) is 4.79 Å². The molecular weight excluding hydrogens is 172 g/mol. The Morgan fingerprint density at radius 2 is 2.07 bits per heavy atom. The van der Waals surface area contributed by atoms with Crippen LogP contribution in [0.25, 0.3) is 0 Å². The third kappa shape index (κ3) is 4.59. The van der Waals surface area contributed by atoms with Crippen LogP contribution in [0.5, 0.6) is 0 Å². The highest BCUT2D eigenvalue weighted by Crippen LogP contribution is 2.21. The Kier molecular flexibility index (Phi) is 5.58. The quantitative estimate of drug-likeness (QED) is 0.586. The molecular formula is C13H22O. The van der Waals surface area contributed by atoms with Gasteiger partial charge >= 0.3 is 0 Å². The monoisotopic (exact) mass is 194 g/mol. The maximum absolute atomic E-state index is 10.9. The molecule has 1 heteroatoms. The molecule has 1 atom stereocenters. The van der Waals surface area contributed by atoms with E-state index in [9.17, 15) is 4.79 Å². The average Bonchev–Trinajstić information content (AvgIpc) is 2.21. The second-order valence-electron chi connectivity index (χ2n) is 4.33. The van der Waals surface area contributed by atoms with Crippen molar-refractivity contribution in [3.8, 4) is 0 Å². The molecule has 1 unspecified atom stereocenters. The maximum Gasteiger partial charge on any atom is 0.155 e. The summed E-state index contributed by atoms with van der Waals surface area (Å²) in [6, 6.07) is 0. The number of hydrogen-bond donors (Lipinski definition) is 0. The highest BCUT2D eigenvalue weighted by atomic mass is 16.1. The first-order valence-corrected chi connectivity index (χ1v) is 6.04. The molecule has 0 amide bonds. The van der Waals surface area contributed by atoms with Crippen LogP contribution in [0.1, 0.15) is 58.3 Å². The van der Waals surface area contributed by atoms with Crippen molar-refractivity contribution in [2.75, 3.05) is 0 Å². The van der Waals surface area contributed by atoms with E-state index in [4.69, 9.17) is 0 Å². The van der Waals surface area contributed by atoms with Gasteiger partial charge in [-0.3, -0.25) is 4.79 Å². The largest absolute Gasteiger partial charge is 0.295 e. The first kappa shape index (κ1) is 11.5. The summed E-state index contributed by atoms with van der Waals surface area (Å²) in [6.07, 6.45) is 13.8. The highest BCUT2D eigenvalue weighted by molar-refractivity contribution is 5.90. The summed E-state index contributed by atoms with van der Waals surface area (Å²) in [6.45, 7) is 2.25. The van der Waals surface area contributed by atoms with Crippen molar-refractivity contribution in [2.24, 2.45) is 5.92 Å². The molecule has 1 aliphatic rings. The van der Waals surface area contributed by atoms with Crippen molar-refractivity contribution >= 4 is 5.78 Å². The Hall–Kier alpha value is -0.590. The summed E-state index contributed by atoms with van der Waals surface area (Å²) >= 11 is 0. The zero-order chi connectivity index (χ0) is 10.2. The van der Waals surface area contributed by atoms with Gasteiger partial charge in [0, 0.05) is 6.42 Å². The van der Waals surface area contributed by atoms with Crippen LogP contribution < -0.4 is 0 Å². The lowest BCUT2D eigenvalue weighted by molar-refractivity contribution is -0.115. The van der Waals surface area contributed by atoms with Crippen LogP contribution in [0.3, 0.4) is 0 Å². The van der Waals surface area contributed by atoms with Crippen LogP contribution in [0.15, 0.2) is 12.2 Å². The molecule has 0 saturated carbocycles. The predicted octanol–water partition coefficient (Wildman–Crippen LogP) is 3.88. The molecule has 0 aliphatic heterocycles. The summed E-state index contributed by atoms with van der Waals surface area (Å²) < 4.78 is 0. The van der Waals surface area contributed by atoms with Crippen molar-refractivity contribution in [1.29, 1.82) is 0 Å². The second-order valence-corrected chi connectivity index (χ2v) is 4.33. The van der Waals surface area contributed by atoms with Crippen LogP contribution in [0.4, 0.5) is 0 Å². The van der Waals surface area contributed by atoms with Crippen molar-refractivity contribution in [3.05, 3.63) is 12.2 Å². The fourth-order valence-electron chi connectivity index (χ4n) is 2.00. The molecule has 1 rings (SSSR count). The van der Waals surface area contributed by atoms with E-state index in [0.717, 1.165) is 12.8 Å². The molecule has 14 heavy (non-hydrogen) atoms. The lowest BCUT2D eigenvalue weighted by Crippen LogP contribution is -2.07. The van der Waals surface area contributed by atoms with Gasteiger partial charge < -0.3 is 0 Å². The second kappa shape index (κ2) is 6.80. The fourth-order valence-corrected chi connectivity index (χ4v) is 2.00. The van der Waals surface area contributed by atoms with E-state index in [1.807, 2.05) is 0 Å². The zero-order valence-corrected chi connectivity index (χ0v) is 9.30. The summed E-state index contributed by atoms with van der Waals surface area (Å²) in [5, 5.41) is 0. The normalized spacial score (nSPS) is 21.5. The molecule has 0 N–H and O–H groups in total. The molecule has 0 aromatic rings. The lowest BCUT2D eigenvalue weighted by Gasteiger charge is -2.14. The molecule has 80 valence electrons. The summed E-state index contributed by atoms with van der Waals surface area (Å²) in [7, 11) is 0. The third-order valence-electron chi connectivity index (χ3n) is 2.99. The third-order valence-corrected chi connectivity index (χ3v) is 2.99. The molecule has 0 radical (unpaired) electrons. The number of rotatable bonds is 6. The Bertz CT molecular complexity index is 193. The number of carbonyl (C=O) groups excluding carboxylic acids is 1. The molecule has 0 saturated heterocycles. The van der Waals surface area contributed by atoms with Crippen LogP contribution in [0, 0.1) is 5.92 Å². The summed E-state index contributed by atoms with van der Waals surface area (Å²) in [4.78, 5) is 10.9. The Morgan fingerprint density at radius 3 is 2.71 bits per heavy atom. The molecule has 0 aromatic heterocycles. The smallest absolute Gasteiger partial charge is 0.155 e. The van der Waals surface area contributed by atoms with Crippen molar-refractivity contribution in [1.82, 2.24) is 0 Å². The lowest BCUT2D eigenvalue weighted by atomic mass is 9.90. The van der Waals surface area contributed by atoms with E-state index < -0.39 is 0 Å². The van der Waals surface area contributed by atoms with Crippen molar-refractivity contribution in [2.45, 2.75) is 58.3 Å².